The molecule has 0 aliphatic carbocycles. The van der Waals surface area contributed by atoms with Gasteiger partial charge in [0.2, 0.25) is 5.91 Å². The Morgan fingerprint density at radius 3 is 2.29 bits per heavy atom. The van der Waals surface area contributed by atoms with Crippen molar-refractivity contribution in [3.8, 4) is 0 Å². The molecule has 1 aromatic rings. The minimum Gasteiger partial charge on any atom is -0.351 e. The van der Waals surface area contributed by atoms with Gasteiger partial charge in [-0.05, 0) is 45.3 Å². The Labute approximate surface area is 128 Å². The Bertz CT molecular complexity index is 433. The Kier molecular flexibility index (Phi) is 6.24. The zero-order valence-electron chi connectivity index (χ0n) is 13.4. The fraction of sp³-hybridized carbons (Fsp3) is 0.611. The van der Waals surface area contributed by atoms with Crippen molar-refractivity contribution in [2.75, 3.05) is 13.1 Å². The van der Waals surface area contributed by atoms with Crippen LogP contribution in [0.25, 0.3) is 0 Å². The van der Waals surface area contributed by atoms with Gasteiger partial charge in [-0.15, -0.1) is 0 Å². The number of carbonyl (C=O) groups excluding carboxylic acids is 1. The van der Waals surface area contributed by atoms with Crippen molar-refractivity contribution < 1.29 is 4.79 Å². The molecular formula is C18H28N2O. The zero-order chi connectivity index (χ0) is 15.1. The maximum atomic E-state index is 12.3. The molecule has 0 spiro atoms. The molecule has 1 heterocycles. The zero-order valence-corrected chi connectivity index (χ0v) is 13.4. The van der Waals surface area contributed by atoms with Crippen molar-refractivity contribution in [2.45, 2.75) is 58.5 Å². The normalized spacial score (nSPS) is 18.6. The van der Waals surface area contributed by atoms with E-state index < -0.39 is 0 Å². The van der Waals surface area contributed by atoms with E-state index >= 15 is 0 Å². The van der Waals surface area contributed by atoms with Gasteiger partial charge in [0.25, 0.3) is 0 Å². The fourth-order valence-corrected chi connectivity index (χ4v) is 2.87. The van der Waals surface area contributed by atoms with Crippen molar-refractivity contribution in [3.63, 3.8) is 0 Å². The lowest BCUT2D eigenvalue weighted by molar-refractivity contribution is -0.126. The number of nitrogens with zero attached hydrogens (tertiary/aromatic N) is 1. The summed E-state index contributed by atoms with van der Waals surface area (Å²) in [5.41, 5.74) is 2.41. The van der Waals surface area contributed by atoms with Gasteiger partial charge >= 0.3 is 0 Å². The molecular weight excluding hydrogens is 260 g/mol. The summed E-state index contributed by atoms with van der Waals surface area (Å²) in [6.45, 7) is 6.84. The maximum Gasteiger partial charge on any atom is 0.237 e. The molecule has 1 aliphatic heterocycles. The summed E-state index contributed by atoms with van der Waals surface area (Å²) < 4.78 is 0. The van der Waals surface area contributed by atoms with E-state index in [2.05, 4.69) is 41.4 Å². The van der Waals surface area contributed by atoms with E-state index in [-0.39, 0.29) is 11.9 Å². The minimum absolute atomic E-state index is 0.0199. The summed E-state index contributed by atoms with van der Waals surface area (Å²) in [4.78, 5) is 14.7. The fourth-order valence-electron chi connectivity index (χ4n) is 2.87. The molecule has 0 bridgehead atoms. The Morgan fingerprint density at radius 2 is 1.67 bits per heavy atom. The number of rotatable bonds is 4. The first-order chi connectivity index (χ1) is 10.2. The number of amides is 1. The van der Waals surface area contributed by atoms with Gasteiger partial charge in [-0.25, -0.2) is 0 Å². The molecule has 1 amide bonds. The Hall–Kier alpha value is -1.35. The first kappa shape index (κ1) is 16.0. The quantitative estimate of drug-likeness (QED) is 0.922. The van der Waals surface area contributed by atoms with Crippen LogP contribution in [0.1, 0.15) is 50.2 Å². The van der Waals surface area contributed by atoms with E-state index in [1.54, 1.807) is 0 Å². The third-order valence-electron chi connectivity index (χ3n) is 4.41. The molecule has 3 heteroatoms. The SMILES string of the molecule is Cc1ccc(CNC(=O)[C@H](C)N2CCCCCCC2)cc1. The van der Waals surface area contributed by atoms with E-state index in [0.717, 1.165) is 18.7 Å². The summed E-state index contributed by atoms with van der Waals surface area (Å²) in [7, 11) is 0. The lowest BCUT2D eigenvalue weighted by Crippen LogP contribution is -2.46. The average molecular weight is 288 g/mol. The van der Waals surface area contributed by atoms with Gasteiger partial charge < -0.3 is 5.32 Å². The lowest BCUT2D eigenvalue weighted by Gasteiger charge is -2.29. The molecule has 21 heavy (non-hydrogen) atoms. The van der Waals surface area contributed by atoms with Crippen LogP contribution >= 0.6 is 0 Å². The van der Waals surface area contributed by atoms with Crippen LogP contribution in [0.5, 0.6) is 0 Å². The van der Waals surface area contributed by atoms with Gasteiger partial charge in [0.15, 0.2) is 0 Å². The number of hydrogen-bond acceptors (Lipinski definition) is 2. The van der Waals surface area contributed by atoms with Crippen LogP contribution < -0.4 is 5.32 Å². The highest BCUT2D eigenvalue weighted by Gasteiger charge is 2.21. The van der Waals surface area contributed by atoms with E-state index in [1.165, 1.54) is 37.7 Å². The molecule has 0 unspecified atom stereocenters. The molecule has 2 rings (SSSR count). The monoisotopic (exact) mass is 288 g/mol. The van der Waals surface area contributed by atoms with Crippen molar-refractivity contribution in [1.29, 1.82) is 0 Å². The van der Waals surface area contributed by atoms with Gasteiger partial charge in [0.05, 0.1) is 6.04 Å². The highest BCUT2D eigenvalue weighted by Crippen LogP contribution is 2.13. The molecule has 0 radical (unpaired) electrons. The Morgan fingerprint density at radius 1 is 1.10 bits per heavy atom. The van der Waals surface area contributed by atoms with Crippen molar-refractivity contribution in [3.05, 3.63) is 35.4 Å². The van der Waals surface area contributed by atoms with Crippen molar-refractivity contribution in [2.24, 2.45) is 0 Å². The smallest absolute Gasteiger partial charge is 0.237 e. The van der Waals surface area contributed by atoms with Crippen LogP contribution in [0, 0.1) is 6.92 Å². The molecule has 1 fully saturated rings. The molecule has 1 aliphatic rings. The predicted octanol–water partition coefficient (Wildman–Crippen LogP) is 3.27. The van der Waals surface area contributed by atoms with E-state index in [1.807, 2.05) is 6.92 Å². The number of nitrogens with one attached hydrogen (secondary N) is 1. The third kappa shape index (κ3) is 5.16. The van der Waals surface area contributed by atoms with Crippen LogP contribution in [0.2, 0.25) is 0 Å². The second-order valence-electron chi connectivity index (χ2n) is 6.18. The maximum absolute atomic E-state index is 12.3. The largest absolute Gasteiger partial charge is 0.351 e. The molecule has 1 aromatic carbocycles. The van der Waals surface area contributed by atoms with Crippen LogP contribution in [-0.4, -0.2) is 29.9 Å². The van der Waals surface area contributed by atoms with Crippen molar-refractivity contribution >= 4 is 5.91 Å². The highest BCUT2D eigenvalue weighted by molar-refractivity contribution is 5.81. The number of carbonyl (C=O) groups is 1. The van der Waals surface area contributed by atoms with Crippen LogP contribution in [-0.2, 0) is 11.3 Å². The summed E-state index contributed by atoms with van der Waals surface area (Å²) in [6.07, 6.45) is 6.38. The number of hydrogen-bond donors (Lipinski definition) is 1. The van der Waals surface area contributed by atoms with Gasteiger partial charge in [-0.1, -0.05) is 49.1 Å². The molecule has 1 atom stereocenters. The predicted molar refractivity (Wildman–Crippen MR) is 87.1 cm³/mol. The average Bonchev–Trinajstić information content (AvgIpc) is 2.45. The van der Waals surface area contributed by atoms with Crippen LogP contribution in [0.4, 0.5) is 0 Å². The van der Waals surface area contributed by atoms with E-state index in [4.69, 9.17) is 0 Å². The summed E-state index contributed by atoms with van der Waals surface area (Å²) in [5, 5.41) is 3.07. The Balaban J connectivity index is 1.82. The number of aryl methyl sites for hydroxylation is 1. The number of benzene rings is 1. The van der Waals surface area contributed by atoms with Gasteiger partial charge in [0.1, 0.15) is 0 Å². The topological polar surface area (TPSA) is 32.3 Å². The van der Waals surface area contributed by atoms with Gasteiger partial charge in [-0.3, -0.25) is 9.69 Å². The first-order valence-electron chi connectivity index (χ1n) is 8.24. The molecule has 116 valence electrons. The minimum atomic E-state index is -0.0199. The third-order valence-corrected chi connectivity index (χ3v) is 4.41. The molecule has 0 saturated carbocycles. The standard InChI is InChI=1S/C18H28N2O/c1-15-8-10-17(11-9-15)14-19-18(21)16(2)20-12-6-4-3-5-7-13-20/h8-11,16H,3-7,12-14H2,1-2H3,(H,19,21)/t16-/m0/s1. The molecule has 1 saturated heterocycles. The van der Waals surface area contributed by atoms with Crippen LogP contribution in [0.15, 0.2) is 24.3 Å². The molecule has 3 nitrogen and oxygen atoms in total. The molecule has 1 N–H and O–H groups in total. The number of likely N-dealkylation sites (tertiary alicyclic amines) is 1. The summed E-state index contributed by atoms with van der Waals surface area (Å²) in [6, 6.07) is 8.31. The molecule has 0 aromatic heterocycles. The van der Waals surface area contributed by atoms with Crippen molar-refractivity contribution in [1.82, 2.24) is 10.2 Å². The first-order valence-corrected chi connectivity index (χ1v) is 8.24. The van der Waals surface area contributed by atoms with E-state index in [0.29, 0.717) is 6.54 Å². The second kappa shape index (κ2) is 8.18. The summed E-state index contributed by atoms with van der Waals surface area (Å²) >= 11 is 0. The second-order valence-corrected chi connectivity index (χ2v) is 6.18. The lowest BCUT2D eigenvalue weighted by atomic mass is 10.1. The highest BCUT2D eigenvalue weighted by atomic mass is 16.2. The summed E-state index contributed by atoms with van der Waals surface area (Å²) in [5.74, 6) is 0.149. The van der Waals surface area contributed by atoms with Crippen LogP contribution in [0.3, 0.4) is 0 Å². The van der Waals surface area contributed by atoms with E-state index in [9.17, 15) is 4.79 Å². The van der Waals surface area contributed by atoms with Gasteiger partial charge in [0, 0.05) is 6.54 Å². The van der Waals surface area contributed by atoms with Gasteiger partial charge in [-0.2, -0.15) is 0 Å².